The predicted molar refractivity (Wildman–Crippen MR) is 76.1 cm³/mol. The van der Waals surface area contributed by atoms with E-state index >= 15 is 0 Å². The molecule has 1 N–H and O–H groups in total. The van der Waals surface area contributed by atoms with E-state index in [1.807, 2.05) is 4.90 Å². The Morgan fingerprint density at radius 3 is 2.47 bits per heavy atom. The number of rotatable bonds is 1. The summed E-state index contributed by atoms with van der Waals surface area (Å²) >= 11 is 3.24. The molecule has 0 aliphatic carbocycles. The molecule has 2 saturated heterocycles. The first-order valence-corrected chi connectivity index (χ1v) is 7.73. The Kier molecular flexibility index (Phi) is 3.67. The predicted octanol–water partition coefficient (Wildman–Crippen LogP) is 2.65. The number of nitrogens with zero attached hydrogens (tertiary/aromatic N) is 1. The Morgan fingerprint density at radius 1 is 1.21 bits per heavy atom. The molecule has 0 atom stereocenters. The van der Waals surface area contributed by atoms with Crippen LogP contribution >= 0.6 is 15.9 Å². The van der Waals surface area contributed by atoms with E-state index in [1.54, 1.807) is 12.1 Å². The summed E-state index contributed by atoms with van der Waals surface area (Å²) in [5.74, 6) is 0.461. The third-order valence-corrected chi connectivity index (χ3v) is 4.99. The lowest BCUT2D eigenvalue weighted by Gasteiger charge is -2.44. The van der Waals surface area contributed by atoms with Crippen LogP contribution in [0.4, 0.5) is 0 Å². The lowest BCUT2D eigenvalue weighted by Crippen LogP contribution is -2.47. The van der Waals surface area contributed by atoms with Crippen LogP contribution in [-0.2, 0) is 0 Å². The smallest absolute Gasteiger partial charge is 0.289 e. The average Bonchev–Trinajstić information content (AvgIpc) is 2.87. The van der Waals surface area contributed by atoms with Gasteiger partial charge in [-0.05, 0) is 72.3 Å². The van der Waals surface area contributed by atoms with E-state index < -0.39 is 0 Å². The third-order valence-electron chi connectivity index (χ3n) is 4.56. The lowest BCUT2D eigenvalue weighted by molar-refractivity contribution is 0.0468. The molecule has 3 heterocycles. The van der Waals surface area contributed by atoms with Gasteiger partial charge in [0.15, 0.2) is 10.4 Å². The maximum absolute atomic E-state index is 12.3. The van der Waals surface area contributed by atoms with Crippen molar-refractivity contribution in [2.24, 2.45) is 5.41 Å². The molecule has 1 aromatic heterocycles. The molecule has 0 radical (unpaired) electrons. The largest absolute Gasteiger partial charge is 0.444 e. The van der Waals surface area contributed by atoms with E-state index in [-0.39, 0.29) is 5.91 Å². The van der Waals surface area contributed by atoms with Crippen LogP contribution in [0.1, 0.15) is 36.2 Å². The maximum atomic E-state index is 12.3. The van der Waals surface area contributed by atoms with Crippen molar-refractivity contribution in [2.75, 3.05) is 26.2 Å². The summed E-state index contributed by atoms with van der Waals surface area (Å²) in [6, 6.07) is 3.51. The molecule has 4 nitrogen and oxygen atoms in total. The van der Waals surface area contributed by atoms with Crippen molar-refractivity contribution in [3.8, 4) is 0 Å². The normalized spacial score (nSPS) is 22.7. The Morgan fingerprint density at radius 2 is 1.89 bits per heavy atom. The fourth-order valence-electron chi connectivity index (χ4n) is 3.23. The van der Waals surface area contributed by atoms with Crippen molar-refractivity contribution in [3.05, 3.63) is 22.6 Å². The fraction of sp³-hybridized carbons (Fsp3) is 0.643. The molecule has 2 aliphatic rings. The quantitative estimate of drug-likeness (QED) is 0.862. The summed E-state index contributed by atoms with van der Waals surface area (Å²) in [6.07, 6.45) is 4.76. The van der Waals surface area contributed by atoms with Crippen molar-refractivity contribution < 1.29 is 9.21 Å². The minimum Gasteiger partial charge on any atom is -0.444 e. The van der Waals surface area contributed by atoms with Gasteiger partial charge in [0, 0.05) is 13.1 Å². The topological polar surface area (TPSA) is 45.5 Å². The molecular formula is C14H19BrN2O2. The molecule has 0 unspecified atom stereocenters. The number of piperidine rings is 2. The number of carbonyl (C=O) groups is 1. The van der Waals surface area contributed by atoms with E-state index in [4.69, 9.17) is 4.42 Å². The second kappa shape index (κ2) is 5.29. The number of carbonyl (C=O) groups excluding carboxylic acids is 1. The van der Waals surface area contributed by atoms with Gasteiger partial charge in [0.2, 0.25) is 0 Å². The summed E-state index contributed by atoms with van der Waals surface area (Å²) in [4.78, 5) is 14.2. The Labute approximate surface area is 121 Å². The number of hydrogen-bond donors (Lipinski definition) is 1. The van der Waals surface area contributed by atoms with Crippen LogP contribution in [0.25, 0.3) is 0 Å². The van der Waals surface area contributed by atoms with Crippen LogP contribution in [0.3, 0.4) is 0 Å². The van der Waals surface area contributed by atoms with Gasteiger partial charge in [0.05, 0.1) is 0 Å². The van der Waals surface area contributed by atoms with Crippen LogP contribution in [0, 0.1) is 5.41 Å². The molecule has 19 heavy (non-hydrogen) atoms. The molecule has 0 bridgehead atoms. The number of furan rings is 1. The maximum Gasteiger partial charge on any atom is 0.289 e. The van der Waals surface area contributed by atoms with Crippen LogP contribution in [0.2, 0.25) is 0 Å². The fourth-order valence-corrected chi connectivity index (χ4v) is 3.53. The number of hydrogen-bond acceptors (Lipinski definition) is 3. The van der Waals surface area contributed by atoms with E-state index in [1.165, 1.54) is 12.8 Å². The van der Waals surface area contributed by atoms with Gasteiger partial charge in [-0.3, -0.25) is 4.79 Å². The van der Waals surface area contributed by atoms with Crippen molar-refractivity contribution >= 4 is 21.8 Å². The molecule has 0 saturated carbocycles. The van der Waals surface area contributed by atoms with Crippen molar-refractivity contribution in [1.29, 1.82) is 0 Å². The van der Waals surface area contributed by atoms with Gasteiger partial charge >= 0.3 is 0 Å². The molecule has 104 valence electrons. The van der Waals surface area contributed by atoms with Crippen LogP contribution in [0.15, 0.2) is 21.2 Å². The molecule has 1 amide bonds. The molecule has 3 rings (SSSR count). The average molecular weight is 327 g/mol. The highest BCUT2D eigenvalue weighted by Crippen LogP contribution is 2.39. The Bertz CT molecular complexity index is 456. The molecule has 5 heteroatoms. The Hall–Kier alpha value is -0.810. The molecule has 2 fully saturated rings. The van der Waals surface area contributed by atoms with Crippen LogP contribution in [0.5, 0.6) is 0 Å². The number of halogens is 1. The van der Waals surface area contributed by atoms with Gasteiger partial charge in [0.25, 0.3) is 5.91 Å². The summed E-state index contributed by atoms with van der Waals surface area (Å²) in [6.45, 7) is 3.96. The number of likely N-dealkylation sites (tertiary alicyclic amines) is 1. The monoisotopic (exact) mass is 326 g/mol. The van der Waals surface area contributed by atoms with Gasteiger partial charge in [-0.15, -0.1) is 0 Å². The summed E-state index contributed by atoms with van der Waals surface area (Å²) in [5, 5.41) is 3.42. The second-order valence-corrected chi connectivity index (χ2v) is 6.43. The third kappa shape index (κ3) is 2.72. The minimum atomic E-state index is 0.0227. The van der Waals surface area contributed by atoms with E-state index in [0.717, 1.165) is 39.0 Å². The Balaban J connectivity index is 1.62. The van der Waals surface area contributed by atoms with Crippen molar-refractivity contribution in [2.45, 2.75) is 25.7 Å². The zero-order valence-corrected chi connectivity index (χ0v) is 12.5. The number of nitrogens with one attached hydrogen (secondary N) is 1. The van der Waals surface area contributed by atoms with Gasteiger partial charge in [0.1, 0.15) is 0 Å². The molecule has 2 aliphatic heterocycles. The minimum absolute atomic E-state index is 0.0227. The van der Waals surface area contributed by atoms with E-state index in [9.17, 15) is 4.79 Å². The first-order chi connectivity index (χ1) is 9.19. The SMILES string of the molecule is O=C(c1ccc(Br)o1)N1CCC2(CCNCC2)CC1. The lowest BCUT2D eigenvalue weighted by atomic mass is 9.71. The zero-order valence-electron chi connectivity index (χ0n) is 11.0. The van der Waals surface area contributed by atoms with Gasteiger partial charge in [-0.1, -0.05) is 0 Å². The highest BCUT2D eigenvalue weighted by Gasteiger charge is 2.37. The first kappa shape index (κ1) is 13.2. The second-order valence-electron chi connectivity index (χ2n) is 5.65. The molecule has 1 aromatic rings. The van der Waals surface area contributed by atoms with Gasteiger partial charge in [-0.2, -0.15) is 0 Å². The standard InChI is InChI=1S/C14H19BrN2O2/c15-12-2-1-11(19-12)13(18)17-9-5-14(6-10-17)3-7-16-8-4-14/h1-2,16H,3-10H2. The van der Waals surface area contributed by atoms with E-state index in [2.05, 4.69) is 21.2 Å². The highest BCUT2D eigenvalue weighted by atomic mass is 79.9. The molecular weight excluding hydrogens is 308 g/mol. The van der Waals surface area contributed by atoms with Gasteiger partial charge in [-0.25, -0.2) is 0 Å². The van der Waals surface area contributed by atoms with Crippen molar-refractivity contribution in [3.63, 3.8) is 0 Å². The number of amides is 1. The summed E-state index contributed by atoms with van der Waals surface area (Å²) < 4.78 is 5.96. The first-order valence-electron chi connectivity index (χ1n) is 6.94. The van der Waals surface area contributed by atoms with Crippen molar-refractivity contribution in [1.82, 2.24) is 10.2 Å². The molecule has 1 spiro atoms. The van der Waals surface area contributed by atoms with Crippen LogP contribution < -0.4 is 5.32 Å². The summed E-state index contributed by atoms with van der Waals surface area (Å²) in [7, 11) is 0. The van der Waals surface area contributed by atoms with E-state index in [0.29, 0.717) is 15.8 Å². The van der Waals surface area contributed by atoms with Gasteiger partial charge < -0.3 is 14.6 Å². The summed E-state index contributed by atoms with van der Waals surface area (Å²) in [5.41, 5.74) is 0.478. The van der Waals surface area contributed by atoms with Crippen LogP contribution in [-0.4, -0.2) is 37.0 Å². The zero-order chi connectivity index (χ0) is 13.3. The molecule has 0 aromatic carbocycles. The highest BCUT2D eigenvalue weighted by molar-refractivity contribution is 9.10.